The van der Waals surface area contributed by atoms with E-state index in [0.29, 0.717) is 17.8 Å². The van der Waals surface area contributed by atoms with Crippen molar-refractivity contribution in [2.24, 2.45) is 0 Å². The SMILES string of the molecule is CC(=O)N1CCc2cc(NC(=O)c3ccc(O)c(Cl)c3)ccc21. The highest BCUT2D eigenvalue weighted by molar-refractivity contribution is 6.32. The topological polar surface area (TPSA) is 69.6 Å². The summed E-state index contributed by atoms with van der Waals surface area (Å²) >= 11 is 5.82. The monoisotopic (exact) mass is 330 g/mol. The Morgan fingerprint density at radius 3 is 2.70 bits per heavy atom. The molecule has 0 unspecified atom stereocenters. The van der Waals surface area contributed by atoms with Gasteiger partial charge in [0.2, 0.25) is 5.91 Å². The molecule has 2 aromatic carbocycles. The molecule has 2 aromatic rings. The first-order valence-electron chi connectivity index (χ1n) is 7.16. The first-order valence-corrected chi connectivity index (χ1v) is 7.54. The summed E-state index contributed by atoms with van der Waals surface area (Å²) in [6, 6.07) is 9.77. The Hall–Kier alpha value is -2.53. The minimum Gasteiger partial charge on any atom is -0.506 e. The predicted molar refractivity (Wildman–Crippen MR) is 89.2 cm³/mol. The van der Waals surface area contributed by atoms with Crippen LogP contribution in [0.25, 0.3) is 0 Å². The molecule has 0 fully saturated rings. The number of phenolic OH excluding ortho intramolecular Hbond substituents is 1. The zero-order chi connectivity index (χ0) is 16.6. The van der Waals surface area contributed by atoms with Gasteiger partial charge in [0.15, 0.2) is 0 Å². The van der Waals surface area contributed by atoms with Crippen LogP contribution in [0.2, 0.25) is 5.02 Å². The number of nitrogens with one attached hydrogen (secondary N) is 1. The van der Waals surface area contributed by atoms with Gasteiger partial charge in [0, 0.05) is 30.4 Å². The molecule has 1 heterocycles. The molecule has 118 valence electrons. The maximum absolute atomic E-state index is 12.2. The zero-order valence-corrected chi connectivity index (χ0v) is 13.2. The van der Waals surface area contributed by atoms with Crippen LogP contribution in [0, 0.1) is 0 Å². The summed E-state index contributed by atoms with van der Waals surface area (Å²) in [7, 11) is 0. The van der Waals surface area contributed by atoms with Crippen LogP contribution in [0.4, 0.5) is 11.4 Å². The molecule has 0 radical (unpaired) electrons. The molecule has 6 heteroatoms. The molecule has 0 saturated carbocycles. The first kappa shape index (κ1) is 15.4. The Kier molecular flexibility index (Phi) is 3.96. The van der Waals surface area contributed by atoms with Crippen molar-refractivity contribution >= 4 is 34.8 Å². The lowest BCUT2D eigenvalue weighted by Crippen LogP contribution is -2.25. The standard InChI is InChI=1S/C17H15ClN2O3/c1-10(21)20-7-6-11-8-13(3-4-15(11)20)19-17(23)12-2-5-16(22)14(18)9-12/h2-5,8-9,22H,6-7H2,1H3,(H,19,23). The molecule has 0 atom stereocenters. The Bertz CT molecular complexity index is 804. The number of hydrogen-bond acceptors (Lipinski definition) is 3. The Morgan fingerprint density at radius 2 is 2.00 bits per heavy atom. The second-order valence-electron chi connectivity index (χ2n) is 5.38. The summed E-state index contributed by atoms with van der Waals surface area (Å²) < 4.78 is 0. The summed E-state index contributed by atoms with van der Waals surface area (Å²) in [6.45, 7) is 2.20. The number of anilines is 2. The van der Waals surface area contributed by atoms with E-state index in [0.717, 1.165) is 17.7 Å². The number of nitrogens with zero attached hydrogens (tertiary/aromatic N) is 1. The lowest BCUT2D eigenvalue weighted by Gasteiger charge is -2.15. The van der Waals surface area contributed by atoms with Crippen molar-refractivity contribution in [2.75, 3.05) is 16.8 Å². The number of hydrogen-bond donors (Lipinski definition) is 2. The van der Waals surface area contributed by atoms with Crippen molar-refractivity contribution in [3.05, 3.63) is 52.5 Å². The van der Waals surface area contributed by atoms with Crippen LogP contribution >= 0.6 is 11.6 Å². The maximum Gasteiger partial charge on any atom is 0.255 e. The highest BCUT2D eigenvalue weighted by Gasteiger charge is 2.22. The number of fused-ring (bicyclic) bond motifs is 1. The van der Waals surface area contributed by atoms with Crippen molar-refractivity contribution in [1.29, 1.82) is 0 Å². The van der Waals surface area contributed by atoms with Gasteiger partial charge >= 0.3 is 0 Å². The second-order valence-corrected chi connectivity index (χ2v) is 5.79. The van der Waals surface area contributed by atoms with Gasteiger partial charge < -0.3 is 15.3 Å². The van der Waals surface area contributed by atoms with Crippen LogP contribution < -0.4 is 10.2 Å². The van der Waals surface area contributed by atoms with E-state index in [1.54, 1.807) is 17.9 Å². The first-order chi connectivity index (χ1) is 11.0. The Morgan fingerprint density at radius 1 is 1.22 bits per heavy atom. The summed E-state index contributed by atoms with van der Waals surface area (Å²) in [5, 5.41) is 12.3. The Labute approximate surface area is 138 Å². The van der Waals surface area contributed by atoms with E-state index in [4.69, 9.17) is 11.6 Å². The van der Waals surface area contributed by atoms with Crippen molar-refractivity contribution < 1.29 is 14.7 Å². The van der Waals surface area contributed by atoms with E-state index in [2.05, 4.69) is 5.32 Å². The average Bonchev–Trinajstić information content (AvgIpc) is 2.93. The summed E-state index contributed by atoms with van der Waals surface area (Å²) in [4.78, 5) is 25.5. The molecule has 5 nitrogen and oxygen atoms in total. The van der Waals surface area contributed by atoms with E-state index in [9.17, 15) is 14.7 Å². The van der Waals surface area contributed by atoms with Gasteiger partial charge in [-0.1, -0.05) is 11.6 Å². The summed E-state index contributed by atoms with van der Waals surface area (Å²) in [5.74, 6) is -0.363. The summed E-state index contributed by atoms with van der Waals surface area (Å²) in [6.07, 6.45) is 0.768. The molecule has 3 rings (SSSR count). The van der Waals surface area contributed by atoms with Gasteiger partial charge in [-0.15, -0.1) is 0 Å². The molecular weight excluding hydrogens is 316 g/mol. The van der Waals surface area contributed by atoms with Crippen LogP contribution in [-0.4, -0.2) is 23.5 Å². The highest BCUT2D eigenvalue weighted by atomic mass is 35.5. The van der Waals surface area contributed by atoms with Gasteiger partial charge in [-0.3, -0.25) is 9.59 Å². The number of rotatable bonds is 2. The van der Waals surface area contributed by atoms with Crippen LogP contribution in [0.3, 0.4) is 0 Å². The summed E-state index contributed by atoms with van der Waals surface area (Å²) in [5.41, 5.74) is 2.94. The zero-order valence-electron chi connectivity index (χ0n) is 12.5. The number of aromatic hydroxyl groups is 1. The van der Waals surface area contributed by atoms with Crippen LogP contribution in [0.5, 0.6) is 5.75 Å². The fraction of sp³-hybridized carbons (Fsp3) is 0.176. The van der Waals surface area contributed by atoms with E-state index in [-0.39, 0.29) is 22.6 Å². The van der Waals surface area contributed by atoms with Crippen LogP contribution in [-0.2, 0) is 11.2 Å². The average molecular weight is 331 g/mol. The van der Waals surface area contributed by atoms with Gasteiger partial charge in [0.1, 0.15) is 5.75 Å². The molecule has 0 aliphatic carbocycles. The third-order valence-electron chi connectivity index (χ3n) is 3.82. The minimum atomic E-state index is -0.312. The molecular formula is C17H15ClN2O3. The number of carbonyl (C=O) groups is 2. The largest absolute Gasteiger partial charge is 0.506 e. The van der Waals surface area contributed by atoms with Gasteiger partial charge in [0.05, 0.1) is 5.02 Å². The van der Waals surface area contributed by atoms with Gasteiger partial charge in [-0.05, 0) is 48.4 Å². The second kappa shape index (κ2) is 5.93. The van der Waals surface area contributed by atoms with E-state index >= 15 is 0 Å². The van der Waals surface area contributed by atoms with Gasteiger partial charge in [0.25, 0.3) is 5.91 Å². The van der Waals surface area contributed by atoms with Crippen LogP contribution in [0.15, 0.2) is 36.4 Å². The number of halogens is 1. The molecule has 23 heavy (non-hydrogen) atoms. The predicted octanol–water partition coefficient (Wildman–Crippen LogP) is 3.21. The quantitative estimate of drug-likeness (QED) is 0.888. The number of benzene rings is 2. The Balaban J connectivity index is 1.80. The lowest BCUT2D eigenvalue weighted by atomic mass is 10.1. The molecule has 1 aliphatic rings. The van der Waals surface area contributed by atoms with Crippen molar-refractivity contribution in [3.8, 4) is 5.75 Å². The van der Waals surface area contributed by atoms with Gasteiger partial charge in [-0.2, -0.15) is 0 Å². The van der Waals surface area contributed by atoms with Crippen LogP contribution in [0.1, 0.15) is 22.8 Å². The molecule has 1 aliphatic heterocycles. The number of amides is 2. The van der Waals surface area contributed by atoms with Crippen molar-refractivity contribution in [2.45, 2.75) is 13.3 Å². The van der Waals surface area contributed by atoms with E-state index < -0.39 is 0 Å². The number of phenols is 1. The third-order valence-corrected chi connectivity index (χ3v) is 4.13. The molecule has 2 amide bonds. The molecule has 2 N–H and O–H groups in total. The fourth-order valence-electron chi connectivity index (χ4n) is 2.66. The molecule has 0 aromatic heterocycles. The number of carbonyl (C=O) groups excluding carboxylic acids is 2. The van der Waals surface area contributed by atoms with Gasteiger partial charge in [-0.25, -0.2) is 0 Å². The van der Waals surface area contributed by atoms with Crippen molar-refractivity contribution in [1.82, 2.24) is 0 Å². The van der Waals surface area contributed by atoms with E-state index in [1.807, 2.05) is 12.1 Å². The molecule has 0 saturated heterocycles. The molecule has 0 bridgehead atoms. The third kappa shape index (κ3) is 3.00. The van der Waals surface area contributed by atoms with Crippen molar-refractivity contribution in [3.63, 3.8) is 0 Å². The maximum atomic E-state index is 12.2. The highest BCUT2D eigenvalue weighted by Crippen LogP contribution is 2.31. The smallest absolute Gasteiger partial charge is 0.255 e. The normalized spacial score (nSPS) is 12.9. The molecule has 0 spiro atoms. The lowest BCUT2D eigenvalue weighted by molar-refractivity contribution is -0.116. The fourth-order valence-corrected chi connectivity index (χ4v) is 2.84. The minimum absolute atomic E-state index is 0.0132. The van der Waals surface area contributed by atoms with E-state index in [1.165, 1.54) is 18.2 Å².